The zero-order valence-corrected chi connectivity index (χ0v) is 17.0. The van der Waals surface area contributed by atoms with E-state index in [4.69, 9.17) is 5.73 Å². The molecule has 0 aliphatic rings. The van der Waals surface area contributed by atoms with Gasteiger partial charge in [0.1, 0.15) is 0 Å². The Kier molecular flexibility index (Phi) is 5.98. The monoisotopic (exact) mass is 394 g/mol. The Morgan fingerprint density at radius 3 is 2.14 bits per heavy atom. The topological polar surface area (TPSA) is 72.2 Å². The zero-order valence-electron chi connectivity index (χ0n) is 16.2. The molecule has 0 radical (unpaired) electrons. The fourth-order valence-corrected chi connectivity index (χ4v) is 4.25. The van der Waals surface area contributed by atoms with E-state index >= 15 is 0 Å². The maximum Gasteiger partial charge on any atom is 0.240 e. The third-order valence-corrected chi connectivity index (χ3v) is 6.34. The number of hydrogen-bond donors (Lipinski definition) is 2. The Hall–Kier alpha value is -2.47. The average Bonchev–Trinajstić information content (AvgIpc) is 2.73. The summed E-state index contributed by atoms with van der Waals surface area (Å²) >= 11 is 0. The lowest BCUT2D eigenvalue weighted by molar-refractivity contribution is 0.501. The molecule has 0 saturated carbocycles. The lowest BCUT2D eigenvalue weighted by atomic mass is 9.84. The molecule has 0 aromatic heterocycles. The third kappa shape index (κ3) is 4.68. The molecule has 0 fully saturated rings. The number of hydrogen-bond acceptors (Lipinski definition) is 3. The second-order valence-electron chi connectivity index (χ2n) is 7.50. The Morgan fingerprint density at radius 2 is 1.50 bits per heavy atom. The van der Waals surface area contributed by atoms with Crippen LogP contribution in [0.1, 0.15) is 25.0 Å². The third-order valence-electron chi connectivity index (χ3n) is 4.92. The van der Waals surface area contributed by atoms with Gasteiger partial charge >= 0.3 is 0 Å². The highest BCUT2D eigenvalue weighted by molar-refractivity contribution is 7.89. The molecule has 3 aromatic carbocycles. The molecule has 0 heterocycles. The molecule has 0 aliphatic carbocycles. The molecule has 0 unspecified atom stereocenters. The molecule has 0 saturated heterocycles. The van der Waals surface area contributed by atoms with Crippen molar-refractivity contribution in [3.63, 3.8) is 0 Å². The highest BCUT2D eigenvalue weighted by Crippen LogP contribution is 2.25. The van der Waals surface area contributed by atoms with Crippen molar-refractivity contribution in [2.75, 3.05) is 6.54 Å². The number of rotatable bonds is 7. The van der Waals surface area contributed by atoms with E-state index in [1.54, 1.807) is 12.1 Å². The van der Waals surface area contributed by atoms with Crippen LogP contribution in [-0.2, 0) is 22.0 Å². The van der Waals surface area contributed by atoms with Gasteiger partial charge in [0.15, 0.2) is 0 Å². The van der Waals surface area contributed by atoms with Crippen molar-refractivity contribution in [2.45, 2.75) is 30.7 Å². The van der Waals surface area contributed by atoms with Crippen LogP contribution in [0.5, 0.6) is 0 Å². The SMILES string of the molecule is CC(C)(CNS(=O)(=O)c1ccc(-c2ccccc2)cc1)c1cccc(CN)c1. The number of sulfonamides is 1. The summed E-state index contributed by atoms with van der Waals surface area (Å²) < 4.78 is 28.3. The van der Waals surface area contributed by atoms with E-state index in [2.05, 4.69) is 4.72 Å². The van der Waals surface area contributed by atoms with Gasteiger partial charge in [-0.3, -0.25) is 0 Å². The standard InChI is InChI=1S/C23H26N2O2S/c1-23(2,21-10-6-7-18(15-21)16-24)17-25-28(26,27)22-13-11-20(12-14-22)19-8-4-3-5-9-19/h3-15,25H,16-17,24H2,1-2H3. The van der Waals surface area contributed by atoms with Crippen LogP contribution < -0.4 is 10.5 Å². The molecule has 3 aromatic rings. The maximum atomic E-state index is 12.7. The molecule has 5 heteroatoms. The average molecular weight is 395 g/mol. The van der Waals surface area contributed by atoms with Gasteiger partial charge in [0.25, 0.3) is 0 Å². The minimum absolute atomic E-state index is 0.263. The molecule has 3 N–H and O–H groups in total. The van der Waals surface area contributed by atoms with Crippen molar-refractivity contribution in [3.05, 3.63) is 90.0 Å². The molecule has 3 rings (SSSR count). The molecule has 146 valence electrons. The van der Waals surface area contributed by atoms with Crippen LogP contribution in [0.25, 0.3) is 11.1 Å². The lowest BCUT2D eigenvalue weighted by Crippen LogP contribution is -2.36. The van der Waals surface area contributed by atoms with Crippen LogP contribution in [0.4, 0.5) is 0 Å². The van der Waals surface area contributed by atoms with Gasteiger partial charge in [-0.15, -0.1) is 0 Å². The Balaban J connectivity index is 1.74. The van der Waals surface area contributed by atoms with Gasteiger partial charge in [-0.1, -0.05) is 80.6 Å². The van der Waals surface area contributed by atoms with Gasteiger partial charge in [0, 0.05) is 18.5 Å². The summed E-state index contributed by atoms with van der Waals surface area (Å²) in [5.74, 6) is 0. The van der Waals surface area contributed by atoms with E-state index < -0.39 is 10.0 Å². The highest BCUT2D eigenvalue weighted by atomic mass is 32.2. The van der Waals surface area contributed by atoms with Crippen LogP contribution in [-0.4, -0.2) is 15.0 Å². The first kappa shape index (κ1) is 20.3. The first-order valence-electron chi connectivity index (χ1n) is 9.26. The van der Waals surface area contributed by atoms with Gasteiger partial charge < -0.3 is 5.73 Å². The van der Waals surface area contributed by atoms with Crippen molar-refractivity contribution in [1.29, 1.82) is 0 Å². The number of nitrogens with two attached hydrogens (primary N) is 1. The van der Waals surface area contributed by atoms with Crippen LogP contribution in [0, 0.1) is 0 Å². The first-order valence-corrected chi connectivity index (χ1v) is 10.7. The smallest absolute Gasteiger partial charge is 0.240 e. The van der Waals surface area contributed by atoms with E-state index in [9.17, 15) is 8.42 Å². The molecule has 0 amide bonds. The summed E-state index contributed by atoms with van der Waals surface area (Å²) in [5, 5.41) is 0. The summed E-state index contributed by atoms with van der Waals surface area (Å²) in [7, 11) is -3.59. The molecule has 0 atom stereocenters. The minimum atomic E-state index is -3.59. The quantitative estimate of drug-likeness (QED) is 0.634. The molecule has 28 heavy (non-hydrogen) atoms. The van der Waals surface area contributed by atoms with E-state index in [-0.39, 0.29) is 10.3 Å². The van der Waals surface area contributed by atoms with Crippen LogP contribution in [0.15, 0.2) is 83.8 Å². The number of nitrogens with one attached hydrogen (secondary N) is 1. The summed E-state index contributed by atoms with van der Waals surface area (Å²) in [4.78, 5) is 0.263. The highest BCUT2D eigenvalue weighted by Gasteiger charge is 2.24. The second-order valence-corrected chi connectivity index (χ2v) is 9.27. The largest absolute Gasteiger partial charge is 0.326 e. The first-order chi connectivity index (χ1) is 13.3. The minimum Gasteiger partial charge on any atom is -0.326 e. The fraction of sp³-hybridized carbons (Fsp3) is 0.217. The summed E-state index contributed by atoms with van der Waals surface area (Å²) in [6, 6.07) is 24.8. The van der Waals surface area contributed by atoms with E-state index in [0.29, 0.717) is 13.1 Å². The van der Waals surface area contributed by atoms with Gasteiger partial charge in [0.05, 0.1) is 4.90 Å². The Morgan fingerprint density at radius 1 is 0.857 bits per heavy atom. The van der Waals surface area contributed by atoms with Crippen molar-refractivity contribution in [1.82, 2.24) is 4.72 Å². The van der Waals surface area contributed by atoms with Crippen molar-refractivity contribution in [3.8, 4) is 11.1 Å². The van der Waals surface area contributed by atoms with Crippen LogP contribution in [0.2, 0.25) is 0 Å². The van der Waals surface area contributed by atoms with E-state index in [1.807, 2.05) is 80.6 Å². The van der Waals surface area contributed by atoms with E-state index in [0.717, 1.165) is 22.3 Å². The molecular weight excluding hydrogens is 368 g/mol. The van der Waals surface area contributed by atoms with E-state index in [1.165, 1.54) is 0 Å². The Labute approximate surface area is 167 Å². The van der Waals surface area contributed by atoms with Crippen molar-refractivity contribution < 1.29 is 8.42 Å². The summed E-state index contributed by atoms with van der Waals surface area (Å²) in [6.07, 6.45) is 0. The van der Waals surface area contributed by atoms with Crippen molar-refractivity contribution >= 4 is 10.0 Å². The second kappa shape index (κ2) is 8.27. The summed E-state index contributed by atoms with van der Waals surface area (Å²) in [5.41, 5.74) is 9.49. The van der Waals surface area contributed by atoms with Crippen LogP contribution in [0.3, 0.4) is 0 Å². The van der Waals surface area contributed by atoms with Crippen molar-refractivity contribution in [2.24, 2.45) is 5.73 Å². The normalized spacial score (nSPS) is 12.1. The zero-order chi connectivity index (χ0) is 20.2. The Bertz CT molecular complexity index is 1030. The predicted molar refractivity (Wildman–Crippen MR) is 114 cm³/mol. The van der Waals surface area contributed by atoms with Gasteiger partial charge in [0.2, 0.25) is 10.0 Å². The van der Waals surface area contributed by atoms with Gasteiger partial charge in [-0.25, -0.2) is 13.1 Å². The van der Waals surface area contributed by atoms with Gasteiger partial charge in [-0.05, 0) is 34.4 Å². The molecule has 4 nitrogen and oxygen atoms in total. The molecular formula is C23H26N2O2S. The maximum absolute atomic E-state index is 12.7. The number of benzene rings is 3. The molecule has 0 spiro atoms. The fourth-order valence-electron chi connectivity index (χ4n) is 3.04. The molecule has 0 bridgehead atoms. The predicted octanol–water partition coefficient (Wildman–Crippen LogP) is 4.07. The molecule has 0 aliphatic heterocycles. The van der Waals surface area contributed by atoms with Crippen LogP contribution >= 0.6 is 0 Å². The summed E-state index contributed by atoms with van der Waals surface area (Å²) in [6.45, 7) is 4.79. The van der Waals surface area contributed by atoms with Gasteiger partial charge in [-0.2, -0.15) is 0 Å². The lowest BCUT2D eigenvalue weighted by Gasteiger charge is -2.26.